The van der Waals surface area contributed by atoms with Gasteiger partial charge in [-0.15, -0.1) is 0 Å². The highest BCUT2D eigenvalue weighted by Crippen LogP contribution is 2.30. The summed E-state index contributed by atoms with van der Waals surface area (Å²) in [5.41, 5.74) is 10.3. The Morgan fingerprint density at radius 3 is 2.11 bits per heavy atom. The Hall–Kier alpha value is -4.17. The molecule has 3 amide bonds. The molecule has 0 spiro atoms. The van der Waals surface area contributed by atoms with Crippen molar-refractivity contribution in [3.8, 4) is 0 Å². The molecule has 8 heteroatoms. The van der Waals surface area contributed by atoms with Gasteiger partial charge in [-0.3, -0.25) is 14.4 Å². The molecule has 1 heterocycles. The third kappa shape index (κ3) is 7.66. The summed E-state index contributed by atoms with van der Waals surface area (Å²) in [6.45, 7) is 8.96. The lowest BCUT2D eigenvalue weighted by atomic mass is 9.86. The van der Waals surface area contributed by atoms with Gasteiger partial charge in [0, 0.05) is 55.0 Å². The van der Waals surface area contributed by atoms with Crippen LogP contribution in [0.4, 0.5) is 11.4 Å². The molecule has 3 aromatic rings. The van der Waals surface area contributed by atoms with Crippen LogP contribution in [0.1, 0.15) is 89.5 Å². The molecular weight excluding hydrogens is 550 g/mol. The molecule has 0 atom stereocenters. The predicted octanol–water partition coefficient (Wildman–Crippen LogP) is 5.59. The monoisotopic (exact) mass is 595 g/mol. The lowest BCUT2D eigenvalue weighted by Gasteiger charge is -2.28. The molecule has 44 heavy (non-hydrogen) atoms. The highest BCUT2D eigenvalue weighted by molar-refractivity contribution is 6.07. The van der Waals surface area contributed by atoms with Gasteiger partial charge in [0.2, 0.25) is 0 Å². The second-order valence-corrected chi connectivity index (χ2v) is 13.1. The standard InChI is InChI=1S/C36H45N5O3/c1-36(2,3)28-13-10-25(11-14-28)33(42)39-31-24-27(34(43)38-30-17-15-29(37)16-18-30)12-19-32(31)40-20-7-21-41(23-22-40)35(44)26-8-5-4-6-9-26/h4-6,8-14,19,24,29-30H,7,15-18,20-23,37H2,1-3H3,(H,38,43)(H,39,42). The summed E-state index contributed by atoms with van der Waals surface area (Å²) in [5, 5.41) is 6.28. The summed E-state index contributed by atoms with van der Waals surface area (Å²) in [6, 6.07) is 22.8. The SMILES string of the molecule is CC(C)(C)c1ccc(C(=O)Nc2cc(C(=O)NC3CCC(N)CC3)ccc2N2CCCN(C(=O)c3ccccc3)CC2)cc1. The van der Waals surface area contributed by atoms with Crippen LogP contribution >= 0.6 is 0 Å². The van der Waals surface area contributed by atoms with Crippen molar-refractivity contribution >= 4 is 29.1 Å². The molecule has 2 aliphatic rings. The summed E-state index contributed by atoms with van der Waals surface area (Å²) in [6.07, 6.45) is 4.32. The molecule has 0 radical (unpaired) electrons. The molecule has 1 aliphatic heterocycles. The maximum Gasteiger partial charge on any atom is 0.255 e. The molecule has 5 rings (SSSR count). The van der Waals surface area contributed by atoms with Crippen molar-refractivity contribution in [2.45, 2.75) is 70.4 Å². The number of rotatable bonds is 6. The molecule has 0 unspecified atom stereocenters. The first kappa shape index (κ1) is 31.3. The molecule has 232 valence electrons. The fraction of sp³-hybridized carbons (Fsp3) is 0.417. The molecular formula is C36H45N5O3. The van der Waals surface area contributed by atoms with Crippen LogP contribution in [0.5, 0.6) is 0 Å². The van der Waals surface area contributed by atoms with Gasteiger partial charge in [0.25, 0.3) is 17.7 Å². The normalized spacial score (nSPS) is 19.2. The third-order valence-corrected chi connectivity index (χ3v) is 8.77. The Balaban J connectivity index is 1.37. The van der Waals surface area contributed by atoms with Gasteiger partial charge in [-0.05, 0) is 85.5 Å². The number of nitrogens with two attached hydrogens (primary N) is 1. The van der Waals surface area contributed by atoms with Crippen LogP contribution in [0.2, 0.25) is 0 Å². The lowest BCUT2D eigenvalue weighted by molar-refractivity contribution is 0.0766. The number of nitrogens with zero attached hydrogens (tertiary/aromatic N) is 2. The largest absolute Gasteiger partial charge is 0.368 e. The highest BCUT2D eigenvalue weighted by atomic mass is 16.2. The summed E-state index contributed by atoms with van der Waals surface area (Å²) in [5.74, 6) is -0.367. The van der Waals surface area contributed by atoms with Crippen LogP contribution in [-0.2, 0) is 5.41 Å². The summed E-state index contributed by atoms with van der Waals surface area (Å²) < 4.78 is 0. The number of nitrogens with one attached hydrogen (secondary N) is 2. The number of anilines is 2. The Kier molecular flexibility index (Phi) is 9.69. The van der Waals surface area contributed by atoms with Gasteiger partial charge < -0.3 is 26.2 Å². The lowest BCUT2D eigenvalue weighted by Crippen LogP contribution is -2.40. The first-order valence-electron chi connectivity index (χ1n) is 15.8. The zero-order chi connectivity index (χ0) is 31.3. The van der Waals surface area contributed by atoms with Crippen molar-refractivity contribution in [2.24, 2.45) is 5.73 Å². The van der Waals surface area contributed by atoms with Crippen LogP contribution in [0, 0.1) is 0 Å². The van der Waals surface area contributed by atoms with Gasteiger partial charge in [0.05, 0.1) is 11.4 Å². The van der Waals surface area contributed by atoms with E-state index in [0.717, 1.165) is 49.9 Å². The zero-order valence-electron chi connectivity index (χ0n) is 26.1. The van der Waals surface area contributed by atoms with E-state index in [2.05, 4.69) is 36.3 Å². The average molecular weight is 596 g/mol. The minimum absolute atomic E-state index is 0.0180. The van der Waals surface area contributed by atoms with E-state index in [9.17, 15) is 14.4 Å². The van der Waals surface area contributed by atoms with Gasteiger partial charge in [0.15, 0.2) is 0 Å². The van der Waals surface area contributed by atoms with Gasteiger partial charge in [-0.1, -0.05) is 51.1 Å². The molecule has 8 nitrogen and oxygen atoms in total. The second-order valence-electron chi connectivity index (χ2n) is 13.1. The van der Waals surface area contributed by atoms with Crippen molar-refractivity contribution in [1.82, 2.24) is 10.2 Å². The molecule has 0 aromatic heterocycles. The summed E-state index contributed by atoms with van der Waals surface area (Å²) in [7, 11) is 0. The number of carbonyl (C=O) groups is 3. The van der Waals surface area contributed by atoms with Gasteiger partial charge in [-0.2, -0.15) is 0 Å². The van der Waals surface area contributed by atoms with Crippen molar-refractivity contribution in [3.05, 3.63) is 95.1 Å². The van der Waals surface area contributed by atoms with E-state index < -0.39 is 0 Å². The Morgan fingerprint density at radius 1 is 0.750 bits per heavy atom. The number of carbonyl (C=O) groups excluding carboxylic acids is 3. The van der Waals surface area contributed by atoms with Crippen LogP contribution in [0.3, 0.4) is 0 Å². The number of benzene rings is 3. The van der Waals surface area contributed by atoms with E-state index in [1.807, 2.05) is 71.6 Å². The van der Waals surface area contributed by atoms with Crippen molar-refractivity contribution in [1.29, 1.82) is 0 Å². The second kappa shape index (κ2) is 13.6. The fourth-order valence-corrected chi connectivity index (χ4v) is 6.03. The quantitative estimate of drug-likeness (QED) is 0.345. The van der Waals surface area contributed by atoms with Gasteiger partial charge in [0.1, 0.15) is 0 Å². The first-order chi connectivity index (χ1) is 21.1. The Morgan fingerprint density at radius 2 is 1.43 bits per heavy atom. The number of hydrogen-bond donors (Lipinski definition) is 3. The third-order valence-electron chi connectivity index (χ3n) is 8.77. The van der Waals surface area contributed by atoms with Crippen LogP contribution in [0.15, 0.2) is 72.8 Å². The Bertz CT molecular complexity index is 1460. The Labute approximate surface area is 261 Å². The van der Waals surface area contributed by atoms with Crippen molar-refractivity contribution in [3.63, 3.8) is 0 Å². The summed E-state index contributed by atoms with van der Waals surface area (Å²) in [4.78, 5) is 44.1. The van der Waals surface area contributed by atoms with E-state index in [4.69, 9.17) is 5.73 Å². The van der Waals surface area contributed by atoms with Gasteiger partial charge in [-0.25, -0.2) is 0 Å². The van der Waals surface area contributed by atoms with Crippen molar-refractivity contribution < 1.29 is 14.4 Å². The van der Waals surface area contributed by atoms with E-state index in [0.29, 0.717) is 42.0 Å². The highest BCUT2D eigenvalue weighted by Gasteiger charge is 2.25. The molecule has 4 N–H and O–H groups in total. The fourth-order valence-electron chi connectivity index (χ4n) is 6.03. The smallest absolute Gasteiger partial charge is 0.255 e. The molecule has 1 saturated carbocycles. The maximum absolute atomic E-state index is 13.5. The van der Waals surface area contributed by atoms with Crippen LogP contribution in [0.25, 0.3) is 0 Å². The first-order valence-corrected chi connectivity index (χ1v) is 15.8. The van der Waals surface area contributed by atoms with E-state index in [1.54, 1.807) is 6.07 Å². The molecule has 2 fully saturated rings. The molecule has 3 aromatic carbocycles. The number of hydrogen-bond acceptors (Lipinski definition) is 5. The average Bonchev–Trinajstić information content (AvgIpc) is 3.28. The molecule has 1 saturated heterocycles. The molecule has 1 aliphatic carbocycles. The minimum atomic E-state index is -0.235. The maximum atomic E-state index is 13.5. The van der Waals surface area contributed by atoms with Crippen molar-refractivity contribution in [2.75, 3.05) is 36.4 Å². The van der Waals surface area contributed by atoms with E-state index in [-0.39, 0.29) is 35.2 Å². The van der Waals surface area contributed by atoms with E-state index >= 15 is 0 Å². The summed E-state index contributed by atoms with van der Waals surface area (Å²) >= 11 is 0. The zero-order valence-corrected chi connectivity index (χ0v) is 26.1. The van der Waals surface area contributed by atoms with Crippen LogP contribution < -0.4 is 21.3 Å². The topological polar surface area (TPSA) is 108 Å². The predicted molar refractivity (Wildman–Crippen MR) is 176 cm³/mol. The minimum Gasteiger partial charge on any atom is -0.368 e. The van der Waals surface area contributed by atoms with E-state index in [1.165, 1.54) is 0 Å². The van der Waals surface area contributed by atoms with Gasteiger partial charge >= 0.3 is 0 Å². The van der Waals surface area contributed by atoms with Crippen LogP contribution in [-0.4, -0.2) is 60.9 Å². The molecule has 0 bridgehead atoms. The number of amides is 3.